The van der Waals surface area contributed by atoms with E-state index in [0.717, 1.165) is 68.4 Å². The molecule has 0 aliphatic carbocycles. The van der Waals surface area contributed by atoms with Crippen molar-refractivity contribution in [1.82, 2.24) is 9.80 Å². The van der Waals surface area contributed by atoms with Gasteiger partial charge in [-0.2, -0.15) is 0 Å². The quantitative estimate of drug-likeness (QED) is 0.784. The minimum Gasteiger partial charge on any atom is -0.379 e. The van der Waals surface area contributed by atoms with Crippen molar-refractivity contribution < 1.29 is 9.53 Å². The molecule has 2 aliphatic heterocycles. The Morgan fingerprint density at radius 2 is 2.08 bits per heavy atom. The van der Waals surface area contributed by atoms with Crippen LogP contribution in [-0.4, -0.2) is 67.9 Å². The fraction of sp³-hybridized carbons (Fsp3) is 0.632. The molecular formula is C19H28N2O2S. The van der Waals surface area contributed by atoms with E-state index in [4.69, 9.17) is 4.74 Å². The number of benzene rings is 1. The van der Waals surface area contributed by atoms with Gasteiger partial charge in [0.25, 0.3) is 5.91 Å². The molecule has 4 nitrogen and oxygen atoms in total. The molecule has 24 heavy (non-hydrogen) atoms. The highest BCUT2D eigenvalue weighted by molar-refractivity contribution is 7.98. The number of hydrogen-bond donors (Lipinski definition) is 0. The molecule has 2 heterocycles. The van der Waals surface area contributed by atoms with Crippen LogP contribution in [0, 0.1) is 12.8 Å². The van der Waals surface area contributed by atoms with E-state index in [1.807, 2.05) is 13.0 Å². The molecule has 132 valence electrons. The van der Waals surface area contributed by atoms with Gasteiger partial charge in [0, 0.05) is 43.2 Å². The van der Waals surface area contributed by atoms with E-state index in [2.05, 4.69) is 28.2 Å². The summed E-state index contributed by atoms with van der Waals surface area (Å²) in [5, 5.41) is 0. The summed E-state index contributed by atoms with van der Waals surface area (Å²) < 4.78 is 5.43. The standard InChI is InChI=1S/C19H28N2O2S/c1-15-5-6-17(24-2)12-18(15)19(22)21-7-3-4-16(14-21)13-20-8-10-23-11-9-20/h5-6,12,16H,3-4,7-11,13-14H2,1-2H3/t16-/m0/s1. The predicted octanol–water partition coefficient (Wildman–Crippen LogP) is 2.90. The third-order valence-corrected chi connectivity index (χ3v) is 5.83. The highest BCUT2D eigenvalue weighted by Gasteiger charge is 2.27. The van der Waals surface area contributed by atoms with Crippen LogP contribution in [0.25, 0.3) is 0 Å². The maximum absolute atomic E-state index is 13.0. The molecule has 1 amide bonds. The first kappa shape index (κ1) is 17.8. The Bertz CT molecular complexity index is 572. The second kappa shape index (κ2) is 8.37. The summed E-state index contributed by atoms with van der Waals surface area (Å²) in [6.45, 7) is 8.65. The van der Waals surface area contributed by atoms with Crippen LogP contribution in [0.15, 0.2) is 23.1 Å². The van der Waals surface area contributed by atoms with Crippen LogP contribution < -0.4 is 0 Å². The molecule has 2 aliphatic rings. The minimum atomic E-state index is 0.204. The zero-order valence-corrected chi connectivity index (χ0v) is 15.6. The van der Waals surface area contributed by atoms with Crippen molar-refractivity contribution in [2.24, 2.45) is 5.92 Å². The molecule has 2 fully saturated rings. The van der Waals surface area contributed by atoms with E-state index in [-0.39, 0.29) is 5.91 Å². The Kier molecular flexibility index (Phi) is 6.19. The number of ether oxygens (including phenoxy) is 1. The van der Waals surface area contributed by atoms with Gasteiger partial charge in [-0.05, 0) is 49.6 Å². The molecule has 1 atom stereocenters. The first-order valence-corrected chi connectivity index (χ1v) is 10.1. The fourth-order valence-corrected chi connectivity index (χ4v) is 4.12. The number of morpholine rings is 1. The van der Waals surface area contributed by atoms with Gasteiger partial charge in [0.05, 0.1) is 13.2 Å². The van der Waals surface area contributed by atoms with Crippen LogP contribution >= 0.6 is 11.8 Å². The Labute approximate surface area is 149 Å². The van der Waals surface area contributed by atoms with Gasteiger partial charge in [0.15, 0.2) is 0 Å². The average molecular weight is 349 g/mol. The molecule has 5 heteroatoms. The summed E-state index contributed by atoms with van der Waals surface area (Å²) >= 11 is 1.69. The van der Waals surface area contributed by atoms with Crippen molar-refractivity contribution in [3.05, 3.63) is 29.3 Å². The summed E-state index contributed by atoms with van der Waals surface area (Å²) in [5.41, 5.74) is 1.95. The lowest BCUT2D eigenvalue weighted by Gasteiger charge is -2.37. The van der Waals surface area contributed by atoms with Crippen LogP contribution in [0.1, 0.15) is 28.8 Å². The summed E-state index contributed by atoms with van der Waals surface area (Å²) in [6.07, 6.45) is 4.39. The van der Waals surface area contributed by atoms with Gasteiger partial charge in [-0.1, -0.05) is 6.07 Å². The zero-order chi connectivity index (χ0) is 16.9. The number of piperidine rings is 1. The van der Waals surface area contributed by atoms with E-state index in [1.54, 1.807) is 11.8 Å². The molecule has 0 spiro atoms. The largest absolute Gasteiger partial charge is 0.379 e. The van der Waals surface area contributed by atoms with Gasteiger partial charge < -0.3 is 9.64 Å². The maximum atomic E-state index is 13.0. The maximum Gasteiger partial charge on any atom is 0.254 e. The third kappa shape index (κ3) is 4.32. The first-order chi connectivity index (χ1) is 11.7. The Hall–Kier alpha value is -1.04. The van der Waals surface area contributed by atoms with Gasteiger partial charge >= 0.3 is 0 Å². The number of carbonyl (C=O) groups is 1. The van der Waals surface area contributed by atoms with Crippen molar-refractivity contribution in [3.8, 4) is 0 Å². The first-order valence-electron chi connectivity index (χ1n) is 8.91. The Balaban J connectivity index is 1.64. The smallest absolute Gasteiger partial charge is 0.254 e. The lowest BCUT2D eigenvalue weighted by Crippen LogP contribution is -2.46. The number of thioether (sulfide) groups is 1. The van der Waals surface area contributed by atoms with Crippen molar-refractivity contribution in [1.29, 1.82) is 0 Å². The van der Waals surface area contributed by atoms with Gasteiger partial charge in [-0.25, -0.2) is 0 Å². The minimum absolute atomic E-state index is 0.204. The second-order valence-electron chi connectivity index (χ2n) is 6.85. The topological polar surface area (TPSA) is 32.8 Å². The highest BCUT2D eigenvalue weighted by Crippen LogP contribution is 2.24. The number of amides is 1. The van der Waals surface area contributed by atoms with E-state index in [0.29, 0.717) is 5.92 Å². The zero-order valence-electron chi connectivity index (χ0n) is 14.8. The molecule has 0 N–H and O–H groups in total. The van der Waals surface area contributed by atoms with Crippen LogP contribution in [0.3, 0.4) is 0 Å². The molecule has 0 unspecified atom stereocenters. The monoisotopic (exact) mass is 348 g/mol. The molecule has 0 bridgehead atoms. The van der Waals surface area contributed by atoms with Crippen molar-refractivity contribution in [2.75, 3.05) is 52.2 Å². The van der Waals surface area contributed by atoms with Gasteiger partial charge in [0.2, 0.25) is 0 Å². The van der Waals surface area contributed by atoms with Crippen molar-refractivity contribution in [3.63, 3.8) is 0 Å². The fourth-order valence-electron chi connectivity index (χ4n) is 3.68. The summed E-state index contributed by atoms with van der Waals surface area (Å²) in [4.78, 5) is 18.7. The molecule has 0 saturated carbocycles. The van der Waals surface area contributed by atoms with Crippen LogP contribution in [0.2, 0.25) is 0 Å². The predicted molar refractivity (Wildman–Crippen MR) is 98.8 cm³/mol. The third-order valence-electron chi connectivity index (χ3n) is 5.10. The van der Waals surface area contributed by atoms with Crippen molar-refractivity contribution >= 4 is 17.7 Å². The number of hydrogen-bond acceptors (Lipinski definition) is 4. The molecule has 1 aromatic carbocycles. The Morgan fingerprint density at radius 3 is 2.83 bits per heavy atom. The highest BCUT2D eigenvalue weighted by atomic mass is 32.2. The van der Waals surface area contributed by atoms with Crippen LogP contribution in [-0.2, 0) is 4.74 Å². The van der Waals surface area contributed by atoms with Crippen LogP contribution in [0.5, 0.6) is 0 Å². The normalized spacial score (nSPS) is 22.6. The number of likely N-dealkylation sites (tertiary alicyclic amines) is 1. The van der Waals surface area contributed by atoms with E-state index < -0.39 is 0 Å². The average Bonchev–Trinajstić information content (AvgIpc) is 2.63. The molecule has 2 saturated heterocycles. The molecular weight excluding hydrogens is 320 g/mol. The summed E-state index contributed by atoms with van der Waals surface area (Å²) in [5.74, 6) is 0.792. The molecule has 0 aromatic heterocycles. The molecule has 1 aromatic rings. The Morgan fingerprint density at radius 1 is 1.29 bits per heavy atom. The van der Waals surface area contributed by atoms with Gasteiger partial charge in [-0.15, -0.1) is 11.8 Å². The van der Waals surface area contributed by atoms with Gasteiger partial charge in [-0.3, -0.25) is 9.69 Å². The summed E-state index contributed by atoms with van der Waals surface area (Å²) in [7, 11) is 0. The van der Waals surface area contributed by atoms with Crippen molar-refractivity contribution in [2.45, 2.75) is 24.7 Å². The lowest BCUT2D eigenvalue weighted by molar-refractivity contribution is 0.0223. The van der Waals surface area contributed by atoms with Gasteiger partial charge in [0.1, 0.15) is 0 Å². The SMILES string of the molecule is CSc1ccc(C)c(C(=O)N2CCC[C@@H](CN3CCOCC3)C2)c1. The second-order valence-corrected chi connectivity index (χ2v) is 7.73. The van der Waals surface area contributed by atoms with E-state index >= 15 is 0 Å². The van der Waals surface area contributed by atoms with E-state index in [1.165, 1.54) is 6.42 Å². The number of rotatable bonds is 4. The summed E-state index contributed by atoms with van der Waals surface area (Å²) in [6, 6.07) is 6.20. The number of nitrogens with zero attached hydrogens (tertiary/aromatic N) is 2. The molecule has 0 radical (unpaired) electrons. The van der Waals surface area contributed by atoms with Crippen LogP contribution in [0.4, 0.5) is 0 Å². The number of aryl methyl sites for hydroxylation is 1. The lowest BCUT2D eigenvalue weighted by atomic mass is 9.96. The molecule has 3 rings (SSSR count). The number of carbonyl (C=O) groups excluding carboxylic acids is 1. The van der Waals surface area contributed by atoms with E-state index in [9.17, 15) is 4.79 Å².